The fourth-order valence-corrected chi connectivity index (χ4v) is 2.83. The van der Waals surface area contributed by atoms with Crippen LogP contribution in [0.3, 0.4) is 0 Å². The Balaban J connectivity index is 2.44. The van der Waals surface area contributed by atoms with Crippen molar-refractivity contribution in [2.45, 2.75) is 53.1 Å². The predicted octanol–water partition coefficient (Wildman–Crippen LogP) is 4.71. The molecule has 0 aliphatic rings. The van der Waals surface area contributed by atoms with Crippen LogP contribution in [0.4, 0.5) is 0 Å². The molecule has 2 heteroatoms. The van der Waals surface area contributed by atoms with Gasteiger partial charge >= 0.3 is 0 Å². The molecule has 18 heavy (non-hydrogen) atoms. The zero-order chi connectivity index (χ0) is 13.8. The van der Waals surface area contributed by atoms with E-state index in [1.165, 1.54) is 0 Å². The Morgan fingerprint density at radius 1 is 1.28 bits per heavy atom. The highest BCUT2D eigenvalue weighted by Gasteiger charge is 2.18. The van der Waals surface area contributed by atoms with Crippen molar-refractivity contribution in [1.29, 1.82) is 0 Å². The van der Waals surface area contributed by atoms with E-state index in [-0.39, 0.29) is 6.10 Å². The minimum Gasteiger partial charge on any atom is -0.393 e. The Labute approximate surface area is 116 Å². The molecule has 0 fully saturated rings. The molecular formula is C16H25ClO. The molecular weight excluding hydrogens is 244 g/mol. The normalized spacial score (nSPS) is 15.4. The molecule has 2 unspecified atom stereocenters. The van der Waals surface area contributed by atoms with Gasteiger partial charge in [-0.1, -0.05) is 51.4 Å². The van der Waals surface area contributed by atoms with Crippen molar-refractivity contribution in [3.8, 4) is 0 Å². The first-order valence-electron chi connectivity index (χ1n) is 6.69. The molecule has 102 valence electrons. The lowest BCUT2D eigenvalue weighted by Crippen LogP contribution is -2.18. The van der Waals surface area contributed by atoms with Gasteiger partial charge in [0.1, 0.15) is 0 Å². The quantitative estimate of drug-likeness (QED) is 0.820. The number of aliphatic hydroxyl groups excluding tert-OH is 1. The van der Waals surface area contributed by atoms with Gasteiger partial charge in [-0.25, -0.2) is 0 Å². The van der Waals surface area contributed by atoms with Gasteiger partial charge in [-0.15, -0.1) is 0 Å². The summed E-state index contributed by atoms with van der Waals surface area (Å²) in [5, 5.41) is 10.9. The van der Waals surface area contributed by atoms with E-state index in [9.17, 15) is 5.11 Å². The summed E-state index contributed by atoms with van der Waals surface area (Å²) in [5.74, 6) is 0.541. The Kier molecular flexibility index (Phi) is 5.68. The molecule has 0 saturated heterocycles. The summed E-state index contributed by atoms with van der Waals surface area (Å²) in [6, 6.07) is 7.74. The van der Waals surface area contributed by atoms with Crippen molar-refractivity contribution in [2.24, 2.45) is 11.3 Å². The summed E-state index contributed by atoms with van der Waals surface area (Å²) in [5.41, 5.74) is 1.44. The first-order valence-corrected chi connectivity index (χ1v) is 7.06. The number of hydrogen-bond acceptors (Lipinski definition) is 1. The van der Waals surface area contributed by atoms with Crippen LogP contribution < -0.4 is 0 Å². The fraction of sp³-hybridized carbons (Fsp3) is 0.625. The van der Waals surface area contributed by atoms with Crippen LogP contribution in [0.1, 0.15) is 46.1 Å². The van der Waals surface area contributed by atoms with Gasteiger partial charge in [0.15, 0.2) is 0 Å². The molecule has 0 heterocycles. The average molecular weight is 269 g/mol. The summed E-state index contributed by atoms with van der Waals surface area (Å²) >= 11 is 5.94. The zero-order valence-corrected chi connectivity index (χ0v) is 12.7. The minimum absolute atomic E-state index is 0.277. The van der Waals surface area contributed by atoms with Crippen LogP contribution in [-0.4, -0.2) is 11.2 Å². The summed E-state index contributed by atoms with van der Waals surface area (Å²) < 4.78 is 0. The van der Waals surface area contributed by atoms with Crippen LogP contribution in [0, 0.1) is 11.3 Å². The van der Waals surface area contributed by atoms with Gasteiger partial charge in [0.05, 0.1) is 6.10 Å². The summed E-state index contributed by atoms with van der Waals surface area (Å²) in [7, 11) is 0. The topological polar surface area (TPSA) is 20.2 Å². The molecule has 0 aliphatic heterocycles. The highest BCUT2D eigenvalue weighted by Crippen LogP contribution is 2.27. The molecule has 0 radical (unpaired) electrons. The maximum Gasteiger partial charge on any atom is 0.0583 e. The van der Waals surface area contributed by atoms with Crippen molar-refractivity contribution in [3.63, 3.8) is 0 Å². The fourth-order valence-electron chi connectivity index (χ4n) is 2.61. The lowest BCUT2D eigenvalue weighted by Gasteiger charge is -2.24. The molecule has 1 rings (SSSR count). The average Bonchev–Trinajstić information content (AvgIpc) is 2.13. The molecule has 0 spiro atoms. The van der Waals surface area contributed by atoms with Crippen molar-refractivity contribution < 1.29 is 5.11 Å². The smallest absolute Gasteiger partial charge is 0.0583 e. The first-order chi connectivity index (χ1) is 8.26. The molecule has 1 aromatic rings. The number of aliphatic hydroxyl groups is 1. The van der Waals surface area contributed by atoms with E-state index >= 15 is 0 Å². The molecule has 1 aromatic carbocycles. The largest absolute Gasteiger partial charge is 0.393 e. The third kappa shape index (κ3) is 6.42. The third-order valence-corrected chi connectivity index (χ3v) is 3.23. The van der Waals surface area contributed by atoms with Crippen LogP contribution in [-0.2, 0) is 6.42 Å². The van der Waals surface area contributed by atoms with E-state index in [2.05, 4.69) is 27.7 Å². The van der Waals surface area contributed by atoms with Crippen LogP contribution in [0.2, 0.25) is 5.02 Å². The van der Waals surface area contributed by atoms with Crippen LogP contribution in [0.25, 0.3) is 0 Å². The van der Waals surface area contributed by atoms with Crippen LogP contribution in [0.5, 0.6) is 0 Å². The van der Waals surface area contributed by atoms with Crippen LogP contribution in [0.15, 0.2) is 24.3 Å². The lowest BCUT2D eigenvalue weighted by molar-refractivity contribution is 0.133. The Hall–Kier alpha value is -0.530. The second-order valence-electron chi connectivity index (χ2n) is 6.59. The second kappa shape index (κ2) is 6.58. The van der Waals surface area contributed by atoms with Crippen molar-refractivity contribution in [3.05, 3.63) is 34.9 Å². The molecule has 1 nitrogen and oxygen atoms in total. The zero-order valence-electron chi connectivity index (χ0n) is 11.9. The molecule has 2 atom stereocenters. The van der Waals surface area contributed by atoms with Gasteiger partial charge in [0, 0.05) is 5.02 Å². The molecule has 0 aromatic heterocycles. The van der Waals surface area contributed by atoms with E-state index in [0.717, 1.165) is 23.4 Å². The number of halogens is 1. The van der Waals surface area contributed by atoms with Crippen molar-refractivity contribution >= 4 is 11.6 Å². The van der Waals surface area contributed by atoms with E-state index in [1.807, 2.05) is 24.3 Å². The number of rotatable bonds is 5. The third-order valence-electron chi connectivity index (χ3n) is 3.00. The SMILES string of the molecule is CC(CC(O)Cc1cccc(Cl)c1)CC(C)(C)C. The van der Waals surface area contributed by atoms with Gasteiger partial charge in [-0.05, 0) is 48.3 Å². The van der Waals surface area contributed by atoms with Gasteiger partial charge in [-0.2, -0.15) is 0 Å². The highest BCUT2D eigenvalue weighted by atomic mass is 35.5. The maximum absolute atomic E-state index is 10.1. The number of hydrogen-bond donors (Lipinski definition) is 1. The van der Waals surface area contributed by atoms with Crippen molar-refractivity contribution in [1.82, 2.24) is 0 Å². The van der Waals surface area contributed by atoms with E-state index in [4.69, 9.17) is 11.6 Å². The molecule has 0 bridgehead atoms. The van der Waals surface area contributed by atoms with E-state index < -0.39 is 0 Å². The highest BCUT2D eigenvalue weighted by molar-refractivity contribution is 6.30. The lowest BCUT2D eigenvalue weighted by atomic mass is 9.83. The van der Waals surface area contributed by atoms with Crippen molar-refractivity contribution in [2.75, 3.05) is 0 Å². The second-order valence-corrected chi connectivity index (χ2v) is 7.03. The summed E-state index contributed by atoms with van der Waals surface area (Å²) in [4.78, 5) is 0. The standard InChI is InChI=1S/C16H25ClO/c1-12(11-16(2,3)4)8-15(18)10-13-6-5-7-14(17)9-13/h5-7,9,12,15,18H,8,10-11H2,1-4H3. The molecule has 0 amide bonds. The Morgan fingerprint density at radius 2 is 1.94 bits per heavy atom. The summed E-state index contributed by atoms with van der Waals surface area (Å²) in [6.07, 6.45) is 2.40. The molecule has 0 aliphatic carbocycles. The van der Waals surface area contributed by atoms with Gasteiger partial charge in [0.25, 0.3) is 0 Å². The molecule has 0 saturated carbocycles. The Morgan fingerprint density at radius 3 is 2.50 bits per heavy atom. The molecule has 1 N–H and O–H groups in total. The van der Waals surface area contributed by atoms with Gasteiger partial charge < -0.3 is 5.11 Å². The predicted molar refractivity (Wildman–Crippen MR) is 79.0 cm³/mol. The minimum atomic E-state index is -0.277. The Bertz CT molecular complexity index is 368. The monoisotopic (exact) mass is 268 g/mol. The number of benzene rings is 1. The summed E-state index contributed by atoms with van der Waals surface area (Å²) in [6.45, 7) is 8.94. The maximum atomic E-state index is 10.1. The van der Waals surface area contributed by atoms with Gasteiger partial charge in [0.2, 0.25) is 0 Å². The van der Waals surface area contributed by atoms with E-state index in [1.54, 1.807) is 0 Å². The van der Waals surface area contributed by atoms with Gasteiger partial charge in [-0.3, -0.25) is 0 Å². The van der Waals surface area contributed by atoms with Crippen LogP contribution >= 0.6 is 11.6 Å². The van der Waals surface area contributed by atoms with E-state index in [0.29, 0.717) is 17.8 Å². The first kappa shape index (κ1) is 15.5.